The van der Waals surface area contributed by atoms with Gasteiger partial charge in [-0.2, -0.15) is 13.9 Å². The van der Waals surface area contributed by atoms with E-state index < -0.39 is 5.92 Å². The van der Waals surface area contributed by atoms with Crippen LogP contribution in [0.25, 0.3) is 16.9 Å². The molecule has 0 bridgehead atoms. The van der Waals surface area contributed by atoms with Gasteiger partial charge in [-0.05, 0) is 24.3 Å². The molecule has 3 aromatic heterocycles. The molecule has 182 valence electrons. The van der Waals surface area contributed by atoms with E-state index in [0.29, 0.717) is 47.3 Å². The van der Waals surface area contributed by atoms with E-state index in [1.54, 1.807) is 48.1 Å². The number of rotatable bonds is 10. The molecule has 35 heavy (non-hydrogen) atoms. The Balaban J connectivity index is 1.48. The highest BCUT2D eigenvalue weighted by Gasteiger charge is 2.31. The van der Waals surface area contributed by atoms with Gasteiger partial charge in [0.25, 0.3) is 11.8 Å². The summed E-state index contributed by atoms with van der Waals surface area (Å²) in [5.74, 6) is -2.18. The van der Waals surface area contributed by atoms with Crippen LogP contribution in [0.15, 0.2) is 61.5 Å². The molecule has 4 aromatic rings. The van der Waals surface area contributed by atoms with Crippen LogP contribution in [-0.4, -0.2) is 50.6 Å². The molecule has 0 aliphatic carbocycles. The molecular formula is C23H25F2N9O. The van der Waals surface area contributed by atoms with Crippen LogP contribution in [0.5, 0.6) is 0 Å². The number of fused-ring (bicyclic) bond motifs is 1. The second-order valence-electron chi connectivity index (χ2n) is 7.77. The number of aromatic nitrogens is 5. The van der Waals surface area contributed by atoms with Crippen LogP contribution in [0.1, 0.15) is 23.0 Å². The molecule has 0 spiro atoms. The molecular weight excluding hydrogens is 456 g/mol. The van der Waals surface area contributed by atoms with Crippen molar-refractivity contribution < 1.29 is 13.6 Å². The first-order valence-corrected chi connectivity index (χ1v) is 10.8. The summed E-state index contributed by atoms with van der Waals surface area (Å²) in [7, 11) is 1.76. The molecule has 0 aliphatic rings. The standard InChI is InChI=1S/C23H25F2N9O/c1-14(26-3)27-8-9-29-22(35)15-4-6-16(7-5-15)32-20-21-30-13-18(34(21)11-10-28-20)17-12-31-33-19(17)23(2,24)25/h4-7,10-13,26-27H,1,8-9H2,2-3H3,(H,28,32)(H,29,35)(H,31,33). The second kappa shape index (κ2) is 9.79. The number of nitrogens with one attached hydrogen (secondary N) is 5. The molecule has 0 fully saturated rings. The molecule has 12 heteroatoms. The lowest BCUT2D eigenvalue weighted by Gasteiger charge is -2.11. The van der Waals surface area contributed by atoms with Crippen molar-refractivity contribution in [2.24, 2.45) is 0 Å². The minimum Gasteiger partial charge on any atom is -0.375 e. The highest BCUT2D eigenvalue weighted by molar-refractivity contribution is 5.94. The Morgan fingerprint density at radius 1 is 1.14 bits per heavy atom. The third-order valence-corrected chi connectivity index (χ3v) is 5.24. The lowest BCUT2D eigenvalue weighted by molar-refractivity contribution is 0.0133. The Morgan fingerprint density at radius 2 is 1.89 bits per heavy atom. The summed E-state index contributed by atoms with van der Waals surface area (Å²) in [4.78, 5) is 21.0. The van der Waals surface area contributed by atoms with E-state index in [4.69, 9.17) is 0 Å². The van der Waals surface area contributed by atoms with Gasteiger partial charge in [-0.3, -0.25) is 14.3 Å². The maximum atomic E-state index is 14.0. The number of anilines is 2. The summed E-state index contributed by atoms with van der Waals surface area (Å²) >= 11 is 0. The number of hydrogen-bond donors (Lipinski definition) is 5. The average molecular weight is 482 g/mol. The fraction of sp³-hybridized carbons (Fsp3) is 0.217. The van der Waals surface area contributed by atoms with Gasteiger partial charge in [-0.15, -0.1) is 0 Å². The average Bonchev–Trinajstić information content (AvgIpc) is 3.49. The zero-order chi connectivity index (χ0) is 25.0. The quantitative estimate of drug-likeness (QED) is 0.221. The first-order chi connectivity index (χ1) is 16.8. The van der Waals surface area contributed by atoms with Gasteiger partial charge in [0.1, 0.15) is 5.69 Å². The predicted octanol–water partition coefficient (Wildman–Crippen LogP) is 2.98. The summed E-state index contributed by atoms with van der Waals surface area (Å²) in [5.41, 5.74) is 2.06. The van der Waals surface area contributed by atoms with E-state index >= 15 is 0 Å². The molecule has 0 saturated heterocycles. The van der Waals surface area contributed by atoms with Crippen molar-refractivity contribution >= 4 is 23.1 Å². The molecule has 4 rings (SSSR count). The fourth-order valence-corrected chi connectivity index (χ4v) is 3.44. The summed E-state index contributed by atoms with van der Waals surface area (Å²) in [6, 6.07) is 6.87. The smallest absolute Gasteiger partial charge is 0.287 e. The SMILES string of the molecule is C=C(NC)NCCNC(=O)c1ccc(Nc2nccn3c(-c4cn[nH]c4C(C)(F)F)cnc23)cc1. The zero-order valence-corrected chi connectivity index (χ0v) is 19.2. The van der Waals surface area contributed by atoms with E-state index in [0.717, 1.165) is 6.92 Å². The predicted molar refractivity (Wildman–Crippen MR) is 128 cm³/mol. The van der Waals surface area contributed by atoms with Crippen LogP contribution in [0.3, 0.4) is 0 Å². The number of carbonyl (C=O) groups is 1. The maximum absolute atomic E-state index is 14.0. The topological polar surface area (TPSA) is 124 Å². The number of aromatic amines is 1. The number of halogens is 2. The molecule has 5 N–H and O–H groups in total. The number of imidazole rings is 1. The molecule has 0 aliphatic heterocycles. The summed E-state index contributed by atoms with van der Waals surface area (Å²) in [6.45, 7) is 5.55. The van der Waals surface area contributed by atoms with Crippen LogP contribution >= 0.6 is 0 Å². The Kier molecular flexibility index (Phi) is 6.62. The van der Waals surface area contributed by atoms with Gasteiger partial charge in [-0.1, -0.05) is 6.58 Å². The molecule has 0 unspecified atom stereocenters. The lowest BCUT2D eigenvalue weighted by Crippen LogP contribution is -2.33. The Hall–Kier alpha value is -4.48. The molecule has 0 radical (unpaired) electrons. The summed E-state index contributed by atoms with van der Waals surface area (Å²) in [6.07, 6.45) is 6.03. The van der Waals surface area contributed by atoms with E-state index in [1.807, 2.05) is 0 Å². The van der Waals surface area contributed by atoms with Crippen LogP contribution in [0, 0.1) is 0 Å². The third-order valence-electron chi connectivity index (χ3n) is 5.24. The van der Waals surface area contributed by atoms with Crippen molar-refractivity contribution in [2.75, 3.05) is 25.5 Å². The van der Waals surface area contributed by atoms with Gasteiger partial charge in [0, 0.05) is 56.3 Å². The largest absolute Gasteiger partial charge is 0.375 e. The Labute approximate surface area is 199 Å². The van der Waals surface area contributed by atoms with Crippen molar-refractivity contribution in [3.63, 3.8) is 0 Å². The monoisotopic (exact) mass is 481 g/mol. The number of carbonyl (C=O) groups excluding carboxylic acids is 1. The number of nitrogens with zero attached hydrogens (tertiary/aromatic N) is 4. The third kappa shape index (κ3) is 5.21. The van der Waals surface area contributed by atoms with E-state index in [1.165, 1.54) is 12.4 Å². The lowest BCUT2D eigenvalue weighted by atomic mass is 10.1. The van der Waals surface area contributed by atoms with Crippen molar-refractivity contribution in [1.29, 1.82) is 0 Å². The van der Waals surface area contributed by atoms with Crippen molar-refractivity contribution in [2.45, 2.75) is 12.8 Å². The van der Waals surface area contributed by atoms with E-state index in [2.05, 4.69) is 48.0 Å². The van der Waals surface area contributed by atoms with Gasteiger partial charge in [0.05, 0.1) is 23.9 Å². The Morgan fingerprint density at radius 3 is 2.60 bits per heavy atom. The minimum absolute atomic E-state index is 0.199. The molecule has 1 aromatic carbocycles. The van der Waals surface area contributed by atoms with E-state index in [9.17, 15) is 13.6 Å². The number of benzene rings is 1. The van der Waals surface area contributed by atoms with Crippen molar-refractivity contribution in [3.05, 3.63) is 72.7 Å². The summed E-state index contributed by atoms with van der Waals surface area (Å²) in [5, 5.41) is 18.0. The van der Waals surface area contributed by atoms with Gasteiger partial charge in [-0.25, -0.2) is 9.97 Å². The highest BCUT2D eigenvalue weighted by Crippen LogP contribution is 2.34. The van der Waals surface area contributed by atoms with Crippen molar-refractivity contribution in [3.8, 4) is 11.3 Å². The number of H-pyrrole nitrogens is 1. The molecule has 1 amide bonds. The number of hydrogen-bond acceptors (Lipinski definition) is 7. The van der Waals surface area contributed by atoms with Crippen LogP contribution in [-0.2, 0) is 5.92 Å². The Bertz CT molecular complexity index is 1340. The second-order valence-corrected chi connectivity index (χ2v) is 7.77. The maximum Gasteiger partial charge on any atom is 0.287 e. The van der Waals surface area contributed by atoms with Crippen LogP contribution in [0.4, 0.5) is 20.3 Å². The minimum atomic E-state index is -3.09. The fourth-order valence-electron chi connectivity index (χ4n) is 3.44. The molecule has 0 atom stereocenters. The first-order valence-electron chi connectivity index (χ1n) is 10.8. The molecule has 0 saturated carbocycles. The van der Waals surface area contributed by atoms with Crippen LogP contribution < -0.4 is 21.3 Å². The molecule has 10 nitrogen and oxygen atoms in total. The van der Waals surface area contributed by atoms with E-state index in [-0.39, 0.29) is 17.2 Å². The number of alkyl halides is 2. The first kappa shape index (κ1) is 23.7. The van der Waals surface area contributed by atoms with Gasteiger partial charge >= 0.3 is 0 Å². The molecule has 3 heterocycles. The van der Waals surface area contributed by atoms with Crippen molar-refractivity contribution in [1.82, 2.24) is 40.5 Å². The van der Waals surface area contributed by atoms with Gasteiger partial charge < -0.3 is 21.3 Å². The van der Waals surface area contributed by atoms with Crippen LogP contribution in [0.2, 0.25) is 0 Å². The summed E-state index contributed by atoms with van der Waals surface area (Å²) < 4.78 is 29.6. The normalized spacial score (nSPS) is 11.3. The van der Waals surface area contributed by atoms with Gasteiger partial charge in [0.2, 0.25) is 0 Å². The highest BCUT2D eigenvalue weighted by atomic mass is 19.3. The number of amides is 1. The van der Waals surface area contributed by atoms with Gasteiger partial charge in [0.15, 0.2) is 11.5 Å². The zero-order valence-electron chi connectivity index (χ0n) is 19.2.